The molecule has 0 radical (unpaired) electrons. The molecule has 0 spiro atoms. The quantitative estimate of drug-likeness (QED) is 0.522. The molecular weight excluding hydrogens is 411 g/mol. The number of imidazole rings is 1. The van der Waals surface area contributed by atoms with Crippen molar-refractivity contribution in [2.45, 2.75) is 18.4 Å². The Kier molecular flexibility index (Phi) is 4.86. The molecule has 1 N–H and O–H groups in total. The third-order valence-electron chi connectivity index (χ3n) is 4.82. The van der Waals surface area contributed by atoms with Gasteiger partial charge in [-0.1, -0.05) is 37.3 Å². The fourth-order valence-electron chi connectivity index (χ4n) is 3.26. The second kappa shape index (κ2) is 7.38. The van der Waals surface area contributed by atoms with Gasteiger partial charge >= 0.3 is 5.69 Å². The fraction of sp³-hybridized carbons (Fsp3) is 0.150. The Morgan fingerprint density at radius 3 is 2.50 bits per heavy atom. The summed E-state index contributed by atoms with van der Waals surface area (Å²) in [6.45, 7) is 1.18. The van der Waals surface area contributed by atoms with Crippen molar-refractivity contribution in [3.63, 3.8) is 0 Å². The summed E-state index contributed by atoms with van der Waals surface area (Å²) in [5, 5.41) is 0. The standard InChI is InChI=1S/C20H17FN4O4S/c1-2-30(28,29)16-10-6-5-9-15(16)25-18-17(22-12-23-18)19(26)24(20(25)27)11-13-7-3-4-8-14(13)21/h3-10,12H,2,11H2,1H3,(H,22,23). The third-order valence-corrected chi connectivity index (χ3v) is 6.60. The number of H-pyrrole nitrogens is 1. The molecule has 0 saturated carbocycles. The van der Waals surface area contributed by atoms with Crippen molar-refractivity contribution in [1.29, 1.82) is 0 Å². The number of rotatable bonds is 5. The first-order valence-electron chi connectivity index (χ1n) is 9.09. The molecule has 2 heterocycles. The van der Waals surface area contributed by atoms with E-state index in [1.165, 1.54) is 43.6 Å². The number of hydrogen-bond donors (Lipinski definition) is 1. The molecule has 4 aromatic rings. The van der Waals surface area contributed by atoms with Gasteiger partial charge in [-0.15, -0.1) is 0 Å². The normalized spacial score (nSPS) is 11.8. The van der Waals surface area contributed by atoms with Crippen LogP contribution in [0.5, 0.6) is 0 Å². The maximum absolute atomic E-state index is 14.2. The zero-order valence-corrected chi connectivity index (χ0v) is 16.7. The van der Waals surface area contributed by atoms with Gasteiger partial charge in [0.05, 0.1) is 29.2 Å². The largest absolute Gasteiger partial charge is 0.339 e. The number of fused-ring (bicyclic) bond motifs is 1. The van der Waals surface area contributed by atoms with Gasteiger partial charge in [-0.2, -0.15) is 0 Å². The highest BCUT2D eigenvalue weighted by atomic mass is 32.2. The molecule has 10 heteroatoms. The number of aromatic nitrogens is 4. The number of sulfone groups is 1. The summed E-state index contributed by atoms with van der Waals surface area (Å²) in [5.41, 5.74) is -1.27. The summed E-state index contributed by atoms with van der Waals surface area (Å²) in [6.07, 6.45) is 1.24. The second-order valence-corrected chi connectivity index (χ2v) is 8.82. The van der Waals surface area contributed by atoms with E-state index < -0.39 is 26.9 Å². The zero-order valence-electron chi connectivity index (χ0n) is 15.9. The maximum Gasteiger partial charge on any atom is 0.337 e. The van der Waals surface area contributed by atoms with Crippen molar-refractivity contribution in [1.82, 2.24) is 19.1 Å². The molecule has 0 aliphatic heterocycles. The maximum atomic E-state index is 14.2. The van der Waals surface area contributed by atoms with Gasteiger partial charge in [0.1, 0.15) is 11.3 Å². The first kappa shape index (κ1) is 19.8. The van der Waals surface area contributed by atoms with Crippen molar-refractivity contribution in [2.24, 2.45) is 0 Å². The van der Waals surface area contributed by atoms with Crippen molar-refractivity contribution in [2.75, 3.05) is 5.75 Å². The summed E-state index contributed by atoms with van der Waals surface area (Å²) in [5.74, 6) is -0.730. The van der Waals surface area contributed by atoms with Crippen LogP contribution in [0.1, 0.15) is 12.5 Å². The van der Waals surface area contributed by atoms with Crippen LogP contribution < -0.4 is 11.2 Å². The lowest BCUT2D eigenvalue weighted by Gasteiger charge is -2.15. The predicted molar refractivity (Wildman–Crippen MR) is 109 cm³/mol. The topological polar surface area (TPSA) is 107 Å². The van der Waals surface area contributed by atoms with Crippen LogP contribution in [0.3, 0.4) is 0 Å². The van der Waals surface area contributed by atoms with Crippen molar-refractivity contribution >= 4 is 21.0 Å². The molecule has 154 valence electrons. The summed E-state index contributed by atoms with van der Waals surface area (Å²) < 4.78 is 41.3. The van der Waals surface area contributed by atoms with Gasteiger partial charge in [0.2, 0.25) is 0 Å². The van der Waals surface area contributed by atoms with E-state index in [4.69, 9.17) is 0 Å². The molecule has 0 aliphatic rings. The summed E-state index contributed by atoms with van der Waals surface area (Å²) in [6, 6.07) is 11.8. The molecule has 0 aliphatic carbocycles. The van der Waals surface area contributed by atoms with Crippen LogP contribution in [0, 0.1) is 5.82 Å². The Hall–Kier alpha value is -3.53. The van der Waals surface area contributed by atoms with Gasteiger partial charge in [0.25, 0.3) is 5.56 Å². The van der Waals surface area contributed by atoms with Crippen LogP contribution in [-0.2, 0) is 16.4 Å². The number of nitrogens with zero attached hydrogens (tertiary/aromatic N) is 3. The lowest BCUT2D eigenvalue weighted by atomic mass is 10.2. The molecule has 0 atom stereocenters. The number of nitrogens with one attached hydrogen (secondary N) is 1. The average Bonchev–Trinajstić information content (AvgIpc) is 3.22. The predicted octanol–water partition coefficient (Wildman–Crippen LogP) is 1.86. The molecule has 0 bridgehead atoms. The van der Waals surface area contributed by atoms with Gasteiger partial charge in [0.15, 0.2) is 15.5 Å². The van der Waals surface area contributed by atoms with Gasteiger partial charge in [0, 0.05) is 5.56 Å². The summed E-state index contributed by atoms with van der Waals surface area (Å²) >= 11 is 0. The molecule has 2 aromatic carbocycles. The monoisotopic (exact) mass is 428 g/mol. The molecule has 30 heavy (non-hydrogen) atoms. The number of hydrogen-bond acceptors (Lipinski definition) is 5. The highest BCUT2D eigenvalue weighted by Gasteiger charge is 2.23. The van der Waals surface area contributed by atoms with Crippen LogP contribution in [-0.4, -0.2) is 33.3 Å². The number of aromatic amines is 1. The Balaban J connectivity index is 2.07. The number of para-hydroxylation sites is 1. The minimum absolute atomic E-state index is 0.00598. The van der Waals surface area contributed by atoms with E-state index in [-0.39, 0.29) is 39.6 Å². The molecular formula is C20H17FN4O4S. The number of halogens is 1. The smallest absolute Gasteiger partial charge is 0.337 e. The highest BCUT2D eigenvalue weighted by Crippen LogP contribution is 2.22. The Morgan fingerprint density at radius 1 is 1.07 bits per heavy atom. The molecule has 0 amide bonds. The zero-order chi connectivity index (χ0) is 21.5. The van der Waals surface area contributed by atoms with Crippen LogP contribution >= 0.6 is 0 Å². The summed E-state index contributed by atoms with van der Waals surface area (Å²) in [7, 11) is -3.68. The van der Waals surface area contributed by atoms with E-state index in [0.29, 0.717) is 0 Å². The SMILES string of the molecule is CCS(=O)(=O)c1ccccc1-n1c(=O)n(Cc2ccccc2F)c(=O)c2[nH]cnc21. The van der Waals surface area contributed by atoms with E-state index in [1.54, 1.807) is 18.2 Å². The second-order valence-electron chi connectivity index (χ2n) is 6.57. The lowest BCUT2D eigenvalue weighted by molar-refractivity contribution is 0.586. The van der Waals surface area contributed by atoms with Crippen LogP contribution in [0.15, 0.2) is 69.3 Å². The van der Waals surface area contributed by atoms with Gasteiger partial charge in [-0.25, -0.2) is 27.2 Å². The highest BCUT2D eigenvalue weighted by molar-refractivity contribution is 7.91. The van der Waals surface area contributed by atoms with E-state index in [2.05, 4.69) is 9.97 Å². The van der Waals surface area contributed by atoms with Gasteiger partial charge in [-0.3, -0.25) is 9.36 Å². The van der Waals surface area contributed by atoms with Gasteiger partial charge in [-0.05, 0) is 18.2 Å². The molecule has 4 rings (SSSR count). The first-order chi connectivity index (χ1) is 14.3. The molecule has 8 nitrogen and oxygen atoms in total. The minimum atomic E-state index is -3.68. The summed E-state index contributed by atoms with van der Waals surface area (Å²) in [4.78, 5) is 32.9. The van der Waals surface area contributed by atoms with Crippen LogP contribution in [0.25, 0.3) is 16.9 Å². The lowest BCUT2D eigenvalue weighted by Crippen LogP contribution is -2.40. The van der Waals surface area contributed by atoms with E-state index in [1.807, 2.05) is 0 Å². The molecule has 0 fully saturated rings. The van der Waals surface area contributed by atoms with E-state index in [9.17, 15) is 22.4 Å². The van der Waals surface area contributed by atoms with Crippen LogP contribution in [0.2, 0.25) is 0 Å². The van der Waals surface area contributed by atoms with Crippen molar-refractivity contribution in [3.8, 4) is 5.69 Å². The van der Waals surface area contributed by atoms with Crippen molar-refractivity contribution < 1.29 is 12.8 Å². The Morgan fingerprint density at radius 2 is 1.77 bits per heavy atom. The van der Waals surface area contributed by atoms with E-state index >= 15 is 0 Å². The molecule has 2 aromatic heterocycles. The Labute approximate surface area is 170 Å². The van der Waals surface area contributed by atoms with Crippen LogP contribution in [0.4, 0.5) is 4.39 Å². The average molecular weight is 428 g/mol. The van der Waals surface area contributed by atoms with E-state index in [0.717, 1.165) is 9.13 Å². The first-order valence-corrected chi connectivity index (χ1v) is 10.7. The molecule has 0 saturated heterocycles. The van der Waals surface area contributed by atoms with Crippen molar-refractivity contribution in [3.05, 3.63) is 87.1 Å². The van der Waals surface area contributed by atoms with Gasteiger partial charge < -0.3 is 4.98 Å². The number of benzene rings is 2. The minimum Gasteiger partial charge on any atom is -0.339 e. The third kappa shape index (κ3) is 3.14. The fourth-order valence-corrected chi connectivity index (χ4v) is 4.34. The Bertz CT molecular complexity index is 1480. The molecule has 0 unspecified atom stereocenters.